The molecule has 0 fully saturated rings. The second-order valence-corrected chi connectivity index (χ2v) is 10.7. The summed E-state index contributed by atoms with van der Waals surface area (Å²) in [5, 5.41) is 3.13. The molecular formula is C25H34N2O4S. The van der Waals surface area contributed by atoms with Crippen LogP contribution in [-0.4, -0.2) is 32.2 Å². The topological polar surface area (TPSA) is 75.7 Å². The Balaban J connectivity index is 1.95. The first kappa shape index (κ1) is 24.1. The van der Waals surface area contributed by atoms with Crippen molar-refractivity contribution in [1.29, 1.82) is 0 Å². The van der Waals surface area contributed by atoms with E-state index < -0.39 is 16.1 Å². The molecule has 0 radical (unpaired) electrons. The third kappa shape index (κ3) is 4.77. The highest BCUT2D eigenvalue weighted by Gasteiger charge is 2.40. The number of hydrogen-bond donors (Lipinski definition) is 1. The minimum atomic E-state index is -3.69. The van der Waals surface area contributed by atoms with Gasteiger partial charge < -0.3 is 10.1 Å². The number of ether oxygens (including phenoxy) is 1. The summed E-state index contributed by atoms with van der Waals surface area (Å²) in [5.41, 5.74) is 2.82. The molecule has 174 valence electrons. The van der Waals surface area contributed by atoms with Crippen molar-refractivity contribution < 1.29 is 17.9 Å². The molecule has 0 aromatic heterocycles. The number of aryl methyl sites for hydroxylation is 2. The predicted octanol–water partition coefficient (Wildman–Crippen LogP) is 4.66. The zero-order valence-electron chi connectivity index (χ0n) is 19.8. The number of carbonyl (C=O) groups is 1. The molecule has 6 nitrogen and oxygen atoms in total. The summed E-state index contributed by atoms with van der Waals surface area (Å²) in [6.45, 7) is 9.57. The molecular weight excluding hydrogens is 424 g/mol. The van der Waals surface area contributed by atoms with E-state index in [9.17, 15) is 13.2 Å². The van der Waals surface area contributed by atoms with Crippen molar-refractivity contribution in [2.45, 2.75) is 71.6 Å². The van der Waals surface area contributed by atoms with Crippen molar-refractivity contribution in [3.63, 3.8) is 0 Å². The average molecular weight is 459 g/mol. The van der Waals surface area contributed by atoms with Crippen LogP contribution in [0.4, 0.5) is 5.69 Å². The number of fused-ring (bicyclic) bond motifs is 1. The molecule has 0 spiro atoms. The van der Waals surface area contributed by atoms with Crippen LogP contribution < -0.4 is 14.4 Å². The number of amides is 1. The van der Waals surface area contributed by atoms with Gasteiger partial charge in [-0.3, -0.25) is 9.10 Å². The van der Waals surface area contributed by atoms with Gasteiger partial charge in [-0.15, -0.1) is 0 Å². The Hall–Kier alpha value is -2.54. The molecule has 0 aliphatic carbocycles. The van der Waals surface area contributed by atoms with Gasteiger partial charge in [0.1, 0.15) is 17.4 Å². The lowest BCUT2D eigenvalue weighted by molar-refractivity contribution is -0.123. The van der Waals surface area contributed by atoms with Gasteiger partial charge in [0.15, 0.2) is 0 Å². The number of carbonyl (C=O) groups excluding carboxylic acids is 1. The van der Waals surface area contributed by atoms with Crippen molar-refractivity contribution in [2.75, 3.05) is 10.6 Å². The number of rotatable bonds is 7. The molecule has 2 aromatic rings. The number of benzene rings is 2. The first-order valence-corrected chi connectivity index (χ1v) is 13.0. The highest BCUT2D eigenvalue weighted by molar-refractivity contribution is 7.92. The summed E-state index contributed by atoms with van der Waals surface area (Å²) < 4.78 is 33.1. The van der Waals surface area contributed by atoms with E-state index in [0.717, 1.165) is 41.5 Å². The molecule has 2 atom stereocenters. The number of nitrogens with zero attached hydrogens (tertiary/aromatic N) is 1. The third-order valence-corrected chi connectivity index (χ3v) is 7.72. The van der Waals surface area contributed by atoms with Gasteiger partial charge in [0.25, 0.3) is 0 Å². The standard InChI is InChI=1S/C25H34N2O4S/c1-7-25(8-2)16-21(20-11-9-10-12-23(20)31-25)26-24(28)19(5)27(32(6,29)30)22-15-17(3)13-14-18(22)4/h9-15,19,21H,7-8,16H2,1-6H3,(H,26,28)/t19-,21+/m0/s1. The van der Waals surface area contributed by atoms with Crippen LogP contribution in [0.5, 0.6) is 5.75 Å². The summed E-state index contributed by atoms with van der Waals surface area (Å²) >= 11 is 0. The van der Waals surface area contributed by atoms with E-state index in [4.69, 9.17) is 4.74 Å². The molecule has 0 saturated heterocycles. The van der Waals surface area contributed by atoms with E-state index in [1.807, 2.05) is 56.3 Å². The summed E-state index contributed by atoms with van der Waals surface area (Å²) in [6.07, 6.45) is 3.41. The molecule has 1 aliphatic rings. The number of hydrogen-bond acceptors (Lipinski definition) is 4. The Labute approximate surface area is 192 Å². The van der Waals surface area contributed by atoms with Crippen molar-refractivity contribution in [1.82, 2.24) is 5.32 Å². The van der Waals surface area contributed by atoms with Gasteiger partial charge in [-0.25, -0.2) is 8.42 Å². The second kappa shape index (κ2) is 9.14. The predicted molar refractivity (Wildman–Crippen MR) is 129 cm³/mol. The number of nitrogens with one attached hydrogen (secondary N) is 1. The molecule has 7 heteroatoms. The van der Waals surface area contributed by atoms with Gasteiger partial charge in [-0.05, 0) is 56.9 Å². The van der Waals surface area contributed by atoms with Crippen molar-refractivity contribution in [3.8, 4) is 5.75 Å². The van der Waals surface area contributed by atoms with Gasteiger partial charge >= 0.3 is 0 Å². The largest absolute Gasteiger partial charge is 0.487 e. The van der Waals surface area contributed by atoms with Crippen LogP contribution in [0.3, 0.4) is 0 Å². The maximum absolute atomic E-state index is 13.4. The number of sulfonamides is 1. The number of anilines is 1. The van der Waals surface area contributed by atoms with E-state index in [0.29, 0.717) is 12.1 Å². The van der Waals surface area contributed by atoms with E-state index in [-0.39, 0.29) is 17.6 Å². The smallest absolute Gasteiger partial charge is 0.244 e. The van der Waals surface area contributed by atoms with E-state index in [2.05, 4.69) is 19.2 Å². The molecule has 0 saturated carbocycles. The highest BCUT2D eigenvalue weighted by atomic mass is 32.2. The zero-order chi connectivity index (χ0) is 23.7. The Kier molecular flexibility index (Phi) is 6.89. The van der Waals surface area contributed by atoms with Crippen molar-refractivity contribution >= 4 is 21.6 Å². The Morgan fingerprint density at radius 2 is 1.84 bits per heavy atom. The molecule has 1 heterocycles. The lowest BCUT2D eigenvalue weighted by Crippen LogP contribution is -2.51. The van der Waals surface area contributed by atoms with E-state index in [1.54, 1.807) is 6.92 Å². The fourth-order valence-electron chi connectivity index (χ4n) is 4.46. The maximum atomic E-state index is 13.4. The van der Waals surface area contributed by atoms with Crippen molar-refractivity contribution in [3.05, 3.63) is 59.2 Å². The first-order chi connectivity index (χ1) is 15.0. The molecule has 32 heavy (non-hydrogen) atoms. The molecule has 2 aromatic carbocycles. The van der Waals surface area contributed by atoms with Crippen LogP contribution in [0.2, 0.25) is 0 Å². The Morgan fingerprint density at radius 1 is 1.19 bits per heavy atom. The normalized spacial score (nSPS) is 18.2. The molecule has 1 aliphatic heterocycles. The molecule has 1 N–H and O–H groups in total. The van der Waals surface area contributed by atoms with Crippen LogP contribution in [0, 0.1) is 13.8 Å². The minimum Gasteiger partial charge on any atom is -0.487 e. The molecule has 0 unspecified atom stereocenters. The van der Waals surface area contributed by atoms with Gasteiger partial charge in [0, 0.05) is 12.0 Å². The number of para-hydroxylation sites is 1. The Bertz CT molecular complexity index is 1090. The van der Waals surface area contributed by atoms with Gasteiger partial charge in [0.05, 0.1) is 18.0 Å². The second-order valence-electron chi connectivity index (χ2n) is 8.82. The Morgan fingerprint density at radius 3 is 2.47 bits per heavy atom. The monoisotopic (exact) mass is 458 g/mol. The van der Waals surface area contributed by atoms with Crippen LogP contribution in [0.1, 0.15) is 62.8 Å². The lowest BCUT2D eigenvalue weighted by atomic mass is 9.83. The minimum absolute atomic E-state index is 0.255. The molecule has 3 rings (SSSR count). The lowest BCUT2D eigenvalue weighted by Gasteiger charge is -2.42. The third-order valence-electron chi connectivity index (χ3n) is 6.49. The van der Waals surface area contributed by atoms with Crippen LogP contribution in [0.25, 0.3) is 0 Å². The van der Waals surface area contributed by atoms with Crippen LogP contribution >= 0.6 is 0 Å². The van der Waals surface area contributed by atoms with Crippen molar-refractivity contribution in [2.24, 2.45) is 0 Å². The van der Waals surface area contributed by atoms with Crippen LogP contribution in [-0.2, 0) is 14.8 Å². The fourth-order valence-corrected chi connectivity index (χ4v) is 5.68. The quantitative estimate of drug-likeness (QED) is 0.655. The summed E-state index contributed by atoms with van der Waals surface area (Å²) in [6, 6.07) is 12.2. The van der Waals surface area contributed by atoms with Gasteiger partial charge in [-0.1, -0.05) is 44.2 Å². The van der Waals surface area contributed by atoms with Gasteiger partial charge in [-0.2, -0.15) is 0 Å². The summed E-state index contributed by atoms with van der Waals surface area (Å²) in [7, 11) is -3.69. The molecule has 1 amide bonds. The van der Waals surface area contributed by atoms with Gasteiger partial charge in [0.2, 0.25) is 15.9 Å². The fraction of sp³-hybridized carbons (Fsp3) is 0.480. The molecule has 0 bridgehead atoms. The van der Waals surface area contributed by atoms with E-state index >= 15 is 0 Å². The zero-order valence-corrected chi connectivity index (χ0v) is 20.6. The highest BCUT2D eigenvalue weighted by Crippen LogP contribution is 2.42. The summed E-state index contributed by atoms with van der Waals surface area (Å²) in [5.74, 6) is 0.439. The summed E-state index contributed by atoms with van der Waals surface area (Å²) in [4.78, 5) is 13.4. The van der Waals surface area contributed by atoms with E-state index in [1.165, 1.54) is 4.31 Å². The average Bonchev–Trinajstić information content (AvgIpc) is 2.75. The maximum Gasteiger partial charge on any atom is 0.244 e. The SMILES string of the molecule is CCC1(CC)C[C@@H](NC(=O)[C@H](C)N(c2cc(C)ccc2C)S(C)(=O)=O)c2ccccc2O1. The van der Waals surface area contributed by atoms with Crippen LogP contribution in [0.15, 0.2) is 42.5 Å². The first-order valence-electron chi connectivity index (χ1n) is 11.2.